The van der Waals surface area contributed by atoms with Crippen LogP contribution < -0.4 is 5.73 Å². The molecule has 0 spiro atoms. The van der Waals surface area contributed by atoms with Crippen molar-refractivity contribution in [2.24, 2.45) is 11.7 Å². The molecule has 0 aliphatic carbocycles. The molecule has 4 nitrogen and oxygen atoms in total. The van der Waals surface area contributed by atoms with Crippen molar-refractivity contribution < 1.29 is 0 Å². The predicted octanol–water partition coefficient (Wildman–Crippen LogP) is 3.37. The van der Waals surface area contributed by atoms with Gasteiger partial charge in [0.2, 0.25) is 0 Å². The Kier molecular flexibility index (Phi) is 5.74. The number of aromatic nitrogens is 2. The number of nitrogens with zero attached hydrogens (tertiary/aromatic N) is 3. The van der Waals surface area contributed by atoms with Crippen LogP contribution in [0.4, 0.5) is 0 Å². The second-order valence-electron chi connectivity index (χ2n) is 7.87. The quantitative estimate of drug-likeness (QED) is 0.925. The molecule has 3 rings (SSSR count). The maximum atomic E-state index is 6.18. The Morgan fingerprint density at radius 1 is 1.17 bits per heavy atom. The van der Waals surface area contributed by atoms with Gasteiger partial charge in [-0.25, -0.2) is 4.68 Å². The van der Waals surface area contributed by atoms with Crippen molar-refractivity contribution in [3.05, 3.63) is 47.8 Å². The zero-order valence-corrected chi connectivity index (χ0v) is 15.9. The number of likely N-dealkylation sites (tertiary alicyclic amines) is 1. The van der Waals surface area contributed by atoms with Crippen LogP contribution in [-0.2, 0) is 12.0 Å². The fraction of sp³-hybridized carbons (Fsp3) is 0.526. The van der Waals surface area contributed by atoms with Gasteiger partial charge in [0.25, 0.3) is 0 Å². The third kappa shape index (κ3) is 4.00. The summed E-state index contributed by atoms with van der Waals surface area (Å²) in [5.74, 6) is 0.567. The smallest absolute Gasteiger partial charge is 0.0727 e. The summed E-state index contributed by atoms with van der Waals surface area (Å²) in [5, 5.41) is 4.89. The number of benzene rings is 1. The molecule has 2 atom stereocenters. The van der Waals surface area contributed by atoms with Gasteiger partial charge in [0.05, 0.1) is 11.4 Å². The maximum Gasteiger partial charge on any atom is 0.0727 e. The lowest BCUT2D eigenvalue weighted by molar-refractivity contribution is 0.316. The monoisotopic (exact) mass is 348 g/mol. The molecule has 2 N–H and O–H groups in total. The molecule has 1 aromatic heterocycles. The average Bonchev–Trinajstić information content (AvgIpc) is 3.04. The zero-order chi connectivity index (χ0) is 16.6. The van der Waals surface area contributed by atoms with Crippen LogP contribution >= 0.6 is 12.4 Å². The minimum atomic E-state index is 0. The topological polar surface area (TPSA) is 47.1 Å². The number of halogens is 1. The van der Waals surface area contributed by atoms with E-state index in [0.717, 1.165) is 25.3 Å². The third-order valence-corrected chi connectivity index (χ3v) is 4.66. The van der Waals surface area contributed by atoms with E-state index >= 15 is 0 Å². The molecule has 132 valence electrons. The molecule has 1 aliphatic rings. The first-order valence-corrected chi connectivity index (χ1v) is 8.47. The molecule has 0 saturated carbocycles. The number of rotatable bonds is 3. The van der Waals surface area contributed by atoms with Gasteiger partial charge in [-0.05, 0) is 18.1 Å². The van der Waals surface area contributed by atoms with Crippen molar-refractivity contribution in [2.45, 2.75) is 45.7 Å². The van der Waals surface area contributed by atoms with E-state index < -0.39 is 0 Å². The molecule has 24 heavy (non-hydrogen) atoms. The highest BCUT2D eigenvalue weighted by molar-refractivity contribution is 5.85. The van der Waals surface area contributed by atoms with Gasteiger partial charge >= 0.3 is 0 Å². The Balaban J connectivity index is 0.00000208. The van der Waals surface area contributed by atoms with E-state index in [1.54, 1.807) is 0 Å². The van der Waals surface area contributed by atoms with E-state index in [1.165, 1.54) is 11.3 Å². The largest absolute Gasteiger partial charge is 0.326 e. The minimum Gasteiger partial charge on any atom is -0.326 e. The molecule has 1 saturated heterocycles. The summed E-state index contributed by atoms with van der Waals surface area (Å²) in [6.07, 6.45) is 2.18. The Morgan fingerprint density at radius 2 is 1.83 bits per heavy atom. The summed E-state index contributed by atoms with van der Waals surface area (Å²) in [6, 6.07) is 10.6. The molecule has 1 aromatic carbocycles. The van der Waals surface area contributed by atoms with Crippen molar-refractivity contribution in [3.63, 3.8) is 0 Å². The van der Waals surface area contributed by atoms with Crippen molar-refractivity contribution >= 4 is 12.4 Å². The summed E-state index contributed by atoms with van der Waals surface area (Å²) >= 11 is 0. The van der Waals surface area contributed by atoms with Crippen molar-refractivity contribution in [3.8, 4) is 5.69 Å². The first kappa shape index (κ1) is 19.0. The minimum absolute atomic E-state index is 0. The van der Waals surface area contributed by atoms with E-state index in [4.69, 9.17) is 10.8 Å². The van der Waals surface area contributed by atoms with Gasteiger partial charge in [0.15, 0.2) is 0 Å². The maximum absolute atomic E-state index is 6.18. The molecular weight excluding hydrogens is 320 g/mol. The molecule has 2 unspecified atom stereocenters. The van der Waals surface area contributed by atoms with Crippen molar-refractivity contribution in [2.75, 3.05) is 13.1 Å². The Labute approximate surface area is 151 Å². The van der Waals surface area contributed by atoms with Crippen molar-refractivity contribution in [1.29, 1.82) is 0 Å². The molecule has 2 aromatic rings. The van der Waals surface area contributed by atoms with Crippen LogP contribution in [-0.4, -0.2) is 33.8 Å². The summed E-state index contributed by atoms with van der Waals surface area (Å²) in [5.41, 5.74) is 9.80. The fourth-order valence-corrected chi connectivity index (χ4v) is 3.34. The standard InChI is InChI=1S/C19H28N4.ClH/c1-14-10-22(13-17(14)20)11-15-12-23(16-8-6-5-7-9-16)21-18(15)19(2,3)4;/h5-9,12,14,17H,10-11,13,20H2,1-4H3;1H. The number of nitrogens with two attached hydrogens (primary N) is 1. The van der Waals surface area contributed by atoms with Gasteiger partial charge in [-0.1, -0.05) is 45.9 Å². The number of hydrogen-bond donors (Lipinski definition) is 1. The first-order chi connectivity index (χ1) is 10.8. The molecule has 5 heteroatoms. The second kappa shape index (κ2) is 7.26. The van der Waals surface area contributed by atoms with Crippen molar-refractivity contribution in [1.82, 2.24) is 14.7 Å². The number of hydrogen-bond acceptors (Lipinski definition) is 3. The highest BCUT2D eigenvalue weighted by Gasteiger charge is 2.29. The lowest BCUT2D eigenvalue weighted by Gasteiger charge is -2.20. The normalized spacial score (nSPS) is 21.7. The van der Waals surface area contributed by atoms with E-state index in [2.05, 4.69) is 63.1 Å². The van der Waals surface area contributed by atoms with Gasteiger partial charge < -0.3 is 5.73 Å². The molecule has 2 heterocycles. The lowest BCUT2D eigenvalue weighted by Crippen LogP contribution is -2.28. The Bertz CT molecular complexity index is 650. The number of para-hydroxylation sites is 1. The zero-order valence-electron chi connectivity index (χ0n) is 15.1. The SMILES string of the molecule is CC1CN(Cc2cn(-c3ccccc3)nc2C(C)(C)C)CC1N.Cl. The van der Waals surface area contributed by atoms with Crippen LogP contribution in [0.1, 0.15) is 39.0 Å². The molecule has 1 fully saturated rings. The molecule has 1 aliphatic heterocycles. The third-order valence-electron chi connectivity index (χ3n) is 4.66. The molecule has 0 amide bonds. The van der Waals surface area contributed by atoms with Crippen LogP contribution in [0.5, 0.6) is 0 Å². The first-order valence-electron chi connectivity index (χ1n) is 8.47. The summed E-state index contributed by atoms with van der Waals surface area (Å²) in [4.78, 5) is 2.46. The van der Waals surface area contributed by atoms with E-state index in [0.29, 0.717) is 5.92 Å². The van der Waals surface area contributed by atoms with Gasteiger partial charge in [0, 0.05) is 42.9 Å². The molecular formula is C19H29ClN4. The van der Waals surface area contributed by atoms with Crippen LogP contribution in [0.2, 0.25) is 0 Å². The Morgan fingerprint density at radius 3 is 2.38 bits per heavy atom. The van der Waals surface area contributed by atoms with E-state index in [-0.39, 0.29) is 23.9 Å². The summed E-state index contributed by atoms with van der Waals surface area (Å²) in [7, 11) is 0. The lowest BCUT2D eigenvalue weighted by atomic mass is 9.89. The van der Waals surface area contributed by atoms with Gasteiger partial charge in [-0.15, -0.1) is 12.4 Å². The van der Waals surface area contributed by atoms with Crippen LogP contribution in [0.15, 0.2) is 36.5 Å². The van der Waals surface area contributed by atoms with Crippen LogP contribution in [0.25, 0.3) is 5.69 Å². The van der Waals surface area contributed by atoms with Gasteiger partial charge in [-0.2, -0.15) is 5.10 Å². The van der Waals surface area contributed by atoms with Gasteiger partial charge in [-0.3, -0.25) is 4.90 Å². The average molecular weight is 349 g/mol. The van der Waals surface area contributed by atoms with E-state index in [1.807, 2.05) is 10.7 Å². The molecule has 0 radical (unpaired) electrons. The van der Waals surface area contributed by atoms with Crippen LogP contribution in [0, 0.1) is 5.92 Å². The van der Waals surface area contributed by atoms with Crippen LogP contribution in [0.3, 0.4) is 0 Å². The highest BCUT2D eigenvalue weighted by Crippen LogP contribution is 2.28. The van der Waals surface area contributed by atoms with E-state index in [9.17, 15) is 0 Å². The summed E-state index contributed by atoms with van der Waals surface area (Å²) < 4.78 is 2.01. The van der Waals surface area contributed by atoms with Gasteiger partial charge in [0.1, 0.15) is 0 Å². The Hall–Kier alpha value is -1.36. The summed E-state index contributed by atoms with van der Waals surface area (Å²) in [6.45, 7) is 11.9. The second-order valence-corrected chi connectivity index (χ2v) is 7.87. The fourth-order valence-electron chi connectivity index (χ4n) is 3.34. The molecule has 0 bridgehead atoms. The highest BCUT2D eigenvalue weighted by atomic mass is 35.5. The predicted molar refractivity (Wildman–Crippen MR) is 102 cm³/mol.